The van der Waals surface area contributed by atoms with Gasteiger partial charge in [0.2, 0.25) is 5.95 Å². The zero-order valence-electron chi connectivity index (χ0n) is 10.4. The van der Waals surface area contributed by atoms with Gasteiger partial charge in [0.05, 0.1) is 19.1 Å². The quantitative estimate of drug-likeness (QED) is 0.749. The van der Waals surface area contributed by atoms with E-state index < -0.39 is 0 Å². The summed E-state index contributed by atoms with van der Waals surface area (Å²) >= 11 is 0. The minimum Gasteiger partial charge on any atom is -0.494 e. The van der Waals surface area contributed by atoms with Gasteiger partial charge < -0.3 is 15.0 Å². The van der Waals surface area contributed by atoms with Crippen LogP contribution in [0.5, 0.6) is 5.75 Å². The third-order valence-corrected chi connectivity index (χ3v) is 2.58. The summed E-state index contributed by atoms with van der Waals surface area (Å²) in [6, 6.07) is 7.66. The van der Waals surface area contributed by atoms with Gasteiger partial charge in [0, 0.05) is 11.8 Å². The van der Waals surface area contributed by atoms with Crippen molar-refractivity contribution in [1.29, 1.82) is 0 Å². The standard InChI is InChI=1S/C13H13N5O/c1-2-19-10-5-3-4-9(6-10)17-13-14-7-11-12(18-13)16-8-15-11/h3-8H,2H2,1H3,(H2,14,15,16,17,18). The minimum absolute atomic E-state index is 0.508. The molecule has 2 N–H and O–H groups in total. The number of hydrogen-bond acceptors (Lipinski definition) is 5. The second-order valence-electron chi connectivity index (χ2n) is 3.92. The van der Waals surface area contributed by atoms with E-state index in [0.29, 0.717) is 18.2 Å². The molecule has 0 aliphatic carbocycles. The van der Waals surface area contributed by atoms with Crippen molar-refractivity contribution in [2.45, 2.75) is 6.92 Å². The van der Waals surface area contributed by atoms with E-state index in [4.69, 9.17) is 4.74 Å². The highest BCUT2D eigenvalue weighted by Crippen LogP contribution is 2.20. The SMILES string of the molecule is CCOc1cccc(Nc2ncc3[nH]cnc3n2)c1. The number of H-pyrrole nitrogens is 1. The summed E-state index contributed by atoms with van der Waals surface area (Å²) < 4.78 is 5.44. The molecule has 6 heteroatoms. The number of fused-ring (bicyclic) bond motifs is 1. The molecule has 0 unspecified atom stereocenters. The van der Waals surface area contributed by atoms with Crippen molar-refractivity contribution >= 4 is 22.8 Å². The summed E-state index contributed by atoms with van der Waals surface area (Å²) in [5, 5.41) is 3.13. The molecule has 0 aliphatic heterocycles. The van der Waals surface area contributed by atoms with Crippen molar-refractivity contribution in [3.8, 4) is 5.75 Å². The number of aromatic nitrogens is 4. The fourth-order valence-electron chi connectivity index (χ4n) is 1.76. The van der Waals surface area contributed by atoms with Crippen LogP contribution in [0.4, 0.5) is 11.6 Å². The topological polar surface area (TPSA) is 75.7 Å². The third-order valence-electron chi connectivity index (χ3n) is 2.58. The molecule has 0 saturated carbocycles. The van der Waals surface area contributed by atoms with Crippen LogP contribution in [0.25, 0.3) is 11.2 Å². The fraction of sp³-hybridized carbons (Fsp3) is 0.154. The summed E-state index contributed by atoms with van der Waals surface area (Å²) in [6.45, 7) is 2.59. The first-order valence-corrected chi connectivity index (χ1v) is 6.01. The zero-order chi connectivity index (χ0) is 13.1. The maximum atomic E-state index is 5.44. The van der Waals surface area contributed by atoms with E-state index in [-0.39, 0.29) is 0 Å². The van der Waals surface area contributed by atoms with Gasteiger partial charge in [0.1, 0.15) is 11.3 Å². The highest BCUT2D eigenvalue weighted by atomic mass is 16.5. The molecular formula is C13H13N5O. The minimum atomic E-state index is 0.508. The van der Waals surface area contributed by atoms with E-state index in [9.17, 15) is 0 Å². The van der Waals surface area contributed by atoms with E-state index in [1.807, 2.05) is 31.2 Å². The Kier molecular flexibility index (Phi) is 2.97. The predicted octanol–water partition coefficient (Wildman–Crippen LogP) is 2.50. The van der Waals surface area contributed by atoms with Gasteiger partial charge >= 0.3 is 0 Å². The van der Waals surface area contributed by atoms with Crippen LogP contribution in [0.1, 0.15) is 6.92 Å². The molecule has 96 valence electrons. The van der Waals surface area contributed by atoms with Crippen molar-refractivity contribution < 1.29 is 4.74 Å². The molecule has 0 amide bonds. The summed E-state index contributed by atoms with van der Waals surface area (Å²) in [5.74, 6) is 1.32. The third kappa shape index (κ3) is 2.47. The van der Waals surface area contributed by atoms with Gasteiger partial charge in [-0.15, -0.1) is 0 Å². The number of aromatic amines is 1. The van der Waals surface area contributed by atoms with Gasteiger partial charge in [-0.3, -0.25) is 0 Å². The monoisotopic (exact) mass is 255 g/mol. The average Bonchev–Trinajstić information content (AvgIpc) is 2.87. The zero-order valence-corrected chi connectivity index (χ0v) is 10.4. The molecule has 2 aromatic heterocycles. The van der Waals surface area contributed by atoms with Crippen LogP contribution in [-0.4, -0.2) is 26.5 Å². The fourth-order valence-corrected chi connectivity index (χ4v) is 1.76. The summed E-state index contributed by atoms with van der Waals surface area (Å²) in [7, 11) is 0. The molecule has 19 heavy (non-hydrogen) atoms. The van der Waals surface area contributed by atoms with Crippen LogP contribution >= 0.6 is 0 Å². The van der Waals surface area contributed by atoms with Crippen LogP contribution in [0.2, 0.25) is 0 Å². The number of benzene rings is 1. The van der Waals surface area contributed by atoms with Gasteiger partial charge in [-0.2, -0.15) is 4.98 Å². The lowest BCUT2D eigenvalue weighted by atomic mass is 10.3. The van der Waals surface area contributed by atoms with Gasteiger partial charge in [0.15, 0.2) is 5.65 Å². The van der Waals surface area contributed by atoms with Crippen LogP contribution in [-0.2, 0) is 0 Å². The smallest absolute Gasteiger partial charge is 0.229 e. The lowest BCUT2D eigenvalue weighted by Gasteiger charge is -2.07. The molecule has 0 spiro atoms. The first-order chi connectivity index (χ1) is 9.35. The second kappa shape index (κ2) is 4.93. The van der Waals surface area contributed by atoms with Gasteiger partial charge in [-0.1, -0.05) is 6.07 Å². The van der Waals surface area contributed by atoms with E-state index in [0.717, 1.165) is 17.0 Å². The Morgan fingerprint density at radius 2 is 2.26 bits per heavy atom. The molecule has 6 nitrogen and oxygen atoms in total. The number of ether oxygens (including phenoxy) is 1. The Bertz CT molecular complexity index is 694. The molecular weight excluding hydrogens is 242 g/mol. The first-order valence-electron chi connectivity index (χ1n) is 6.01. The molecule has 2 heterocycles. The molecule has 0 fully saturated rings. The van der Waals surface area contributed by atoms with Crippen molar-refractivity contribution in [2.75, 3.05) is 11.9 Å². The van der Waals surface area contributed by atoms with E-state index in [1.54, 1.807) is 12.5 Å². The van der Waals surface area contributed by atoms with Crippen molar-refractivity contribution in [3.05, 3.63) is 36.8 Å². The van der Waals surface area contributed by atoms with Crippen LogP contribution in [0.3, 0.4) is 0 Å². The molecule has 3 aromatic rings. The molecule has 1 aromatic carbocycles. The van der Waals surface area contributed by atoms with Crippen molar-refractivity contribution in [2.24, 2.45) is 0 Å². The molecule has 3 rings (SSSR count). The van der Waals surface area contributed by atoms with Crippen LogP contribution in [0.15, 0.2) is 36.8 Å². The summed E-state index contributed by atoms with van der Waals surface area (Å²) in [5.41, 5.74) is 2.33. The lowest BCUT2D eigenvalue weighted by Crippen LogP contribution is -1.98. The summed E-state index contributed by atoms with van der Waals surface area (Å²) in [6.07, 6.45) is 3.29. The van der Waals surface area contributed by atoms with E-state index in [1.165, 1.54) is 0 Å². The molecule has 0 saturated heterocycles. The van der Waals surface area contributed by atoms with Crippen molar-refractivity contribution in [1.82, 2.24) is 19.9 Å². The van der Waals surface area contributed by atoms with Crippen LogP contribution in [0, 0.1) is 0 Å². The lowest BCUT2D eigenvalue weighted by molar-refractivity contribution is 0.340. The number of anilines is 2. The molecule has 0 atom stereocenters. The summed E-state index contributed by atoms with van der Waals surface area (Å²) in [4.78, 5) is 15.6. The highest BCUT2D eigenvalue weighted by molar-refractivity contribution is 5.70. The second-order valence-corrected chi connectivity index (χ2v) is 3.92. The maximum absolute atomic E-state index is 5.44. The van der Waals surface area contributed by atoms with E-state index in [2.05, 4.69) is 25.3 Å². The van der Waals surface area contributed by atoms with Gasteiger partial charge in [-0.05, 0) is 19.1 Å². The maximum Gasteiger partial charge on any atom is 0.229 e. The number of hydrogen-bond donors (Lipinski definition) is 2. The number of nitrogens with zero attached hydrogens (tertiary/aromatic N) is 3. The normalized spacial score (nSPS) is 10.6. The molecule has 0 aliphatic rings. The Balaban J connectivity index is 1.85. The molecule has 0 bridgehead atoms. The highest BCUT2D eigenvalue weighted by Gasteiger charge is 2.03. The average molecular weight is 255 g/mol. The largest absolute Gasteiger partial charge is 0.494 e. The predicted molar refractivity (Wildman–Crippen MR) is 72.6 cm³/mol. The number of nitrogens with one attached hydrogen (secondary N) is 2. The number of rotatable bonds is 4. The van der Waals surface area contributed by atoms with E-state index >= 15 is 0 Å². The number of imidazole rings is 1. The van der Waals surface area contributed by atoms with Gasteiger partial charge in [-0.25, -0.2) is 9.97 Å². The van der Waals surface area contributed by atoms with Gasteiger partial charge in [0.25, 0.3) is 0 Å². The first kappa shape index (κ1) is 11.5. The van der Waals surface area contributed by atoms with Crippen LogP contribution < -0.4 is 10.1 Å². The van der Waals surface area contributed by atoms with Crippen molar-refractivity contribution in [3.63, 3.8) is 0 Å². The Morgan fingerprint density at radius 1 is 1.32 bits per heavy atom. The Hall–Kier alpha value is -2.63. The Labute approximate surface area is 109 Å². The Morgan fingerprint density at radius 3 is 3.16 bits per heavy atom. The molecule has 0 radical (unpaired) electrons.